The van der Waals surface area contributed by atoms with E-state index in [0.717, 1.165) is 43.4 Å². The molecule has 2 aliphatic rings. The molecule has 1 aliphatic carbocycles. The molecule has 154 valence electrons. The number of Topliss-reactive ketones (excluding diaryl/α,β-unsaturated/α-hetero) is 1. The highest BCUT2D eigenvalue weighted by molar-refractivity contribution is 5.96. The highest BCUT2D eigenvalue weighted by atomic mass is 16.1. The van der Waals surface area contributed by atoms with Crippen LogP contribution in [0, 0.1) is 12.8 Å². The van der Waals surface area contributed by atoms with Crippen LogP contribution in [0.2, 0.25) is 0 Å². The van der Waals surface area contributed by atoms with Crippen molar-refractivity contribution in [3.05, 3.63) is 53.0 Å². The molecule has 0 amide bonds. The summed E-state index contributed by atoms with van der Waals surface area (Å²) in [6, 6.07) is 8.39. The van der Waals surface area contributed by atoms with Crippen molar-refractivity contribution in [2.45, 2.75) is 52.5 Å². The minimum atomic E-state index is 0.0649. The lowest BCUT2D eigenvalue weighted by Crippen LogP contribution is -2.36. The molecule has 29 heavy (non-hydrogen) atoms. The maximum Gasteiger partial charge on any atom is 0.185 e. The summed E-state index contributed by atoms with van der Waals surface area (Å²) in [5.74, 6) is 1.74. The predicted octanol–water partition coefficient (Wildman–Crippen LogP) is 4.04. The zero-order valence-corrected chi connectivity index (χ0v) is 17.7. The largest absolute Gasteiger partial charge is 0.356 e. The van der Waals surface area contributed by atoms with Crippen molar-refractivity contribution in [2.75, 3.05) is 31.1 Å². The molecule has 5 nitrogen and oxygen atoms in total. The Morgan fingerprint density at radius 2 is 2.03 bits per heavy atom. The first-order valence-corrected chi connectivity index (χ1v) is 11.0. The summed E-state index contributed by atoms with van der Waals surface area (Å²) in [5.41, 5.74) is 4.13. The van der Waals surface area contributed by atoms with E-state index in [0.29, 0.717) is 12.1 Å². The van der Waals surface area contributed by atoms with Gasteiger partial charge in [-0.2, -0.15) is 0 Å². The Kier molecular flexibility index (Phi) is 6.24. The van der Waals surface area contributed by atoms with Crippen LogP contribution in [-0.4, -0.2) is 46.8 Å². The molecule has 0 unspecified atom stereocenters. The second-order valence-electron chi connectivity index (χ2n) is 8.64. The summed E-state index contributed by atoms with van der Waals surface area (Å²) >= 11 is 0. The van der Waals surface area contributed by atoms with Crippen LogP contribution in [0.25, 0.3) is 0 Å². The molecule has 2 aromatic rings. The SMILES string of the molecule is CCCN(CC1CC1)c1cc(C(=O)Cc2ccc(CN3CCC3)cc2C)ncn1. The van der Waals surface area contributed by atoms with Gasteiger partial charge in [0.15, 0.2) is 5.78 Å². The number of anilines is 1. The Bertz CT molecular complexity index is 858. The van der Waals surface area contributed by atoms with E-state index < -0.39 is 0 Å². The number of aryl methyl sites for hydroxylation is 1. The van der Waals surface area contributed by atoms with Gasteiger partial charge in [0, 0.05) is 32.1 Å². The number of carbonyl (C=O) groups excluding carboxylic acids is 1. The van der Waals surface area contributed by atoms with Crippen LogP contribution >= 0.6 is 0 Å². The molecule has 2 heterocycles. The van der Waals surface area contributed by atoms with Gasteiger partial charge in [-0.15, -0.1) is 0 Å². The monoisotopic (exact) mass is 392 g/mol. The van der Waals surface area contributed by atoms with Crippen LogP contribution in [0.5, 0.6) is 0 Å². The van der Waals surface area contributed by atoms with Crippen molar-refractivity contribution in [3.8, 4) is 0 Å². The highest BCUT2D eigenvalue weighted by Crippen LogP contribution is 2.31. The van der Waals surface area contributed by atoms with Crippen LogP contribution in [-0.2, 0) is 13.0 Å². The number of ketones is 1. The Balaban J connectivity index is 1.43. The lowest BCUT2D eigenvalue weighted by molar-refractivity contribution is 0.0988. The second-order valence-corrected chi connectivity index (χ2v) is 8.64. The zero-order valence-electron chi connectivity index (χ0n) is 17.7. The number of aromatic nitrogens is 2. The average molecular weight is 393 g/mol. The Morgan fingerprint density at radius 1 is 1.21 bits per heavy atom. The van der Waals surface area contributed by atoms with Gasteiger partial charge < -0.3 is 4.90 Å². The van der Waals surface area contributed by atoms with Gasteiger partial charge in [0.05, 0.1) is 0 Å². The van der Waals surface area contributed by atoms with Crippen molar-refractivity contribution in [1.29, 1.82) is 0 Å². The van der Waals surface area contributed by atoms with Crippen molar-refractivity contribution >= 4 is 11.6 Å². The summed E-state index contributed by atoms with van der Waals surface area (Å²) in [6.45, 7) is 9.71. The second kappa shape index (κ2) is 9.04. The molecule has 0 N–H and O–H groups in total. The minimum Gasteiger partial charge on any atom is -0.356 e. The summed E-state index contributed by atoms with van der Waals surface area (Å²) in [7, 11) is 0. The van der Waals surface area contributed by atoms with E-state index in [9.17, 15) is 4.79 Å². The van der Waals surface area contributed by atoms with E-state index in [4.69, 9.17) is 0 Å². The molecule has 5 heteroatoms. The van der Waals surface area contributed by atoms with Crippen LogP contribution in [0.4, 0.5) is 5.82 Å². The summed E-state index contributed by atoms with van der Waals surface area (Å²) in [6.07, 6.45) is 6.93. The topological polar surface area (TPSA) is 49.3 Å². The Labute approximate surface area is 174 Å². The number of nitrogens with zero attached hydrogens (tertiary/aromatic N) is 4. The van der Waals surface area contributed by atoms with E-state index in [-0.39, 0.29) is 5.78 Å². The third kappa shape index (κ3) is 5.21. The zero-order chi connectivity index (χ0) is 20.2. The molecule has 0 bridgehead atoms. The number of carbonyl (C=O) groups is 1. The van der Waals surface area contributed by atoms with Crippen molar-refractivity contribution in [1.82, 2.24) is 14.9 Å². The van der Waals surface area contributed by atoms with Gasteiger partial charge in [0.1, 0.15) is 17.8 Å². The smallest absolute Gasteiger partial charge is 0.185 e. The van der Waals surface area contributed by atoms with Crippen molar-refractivity contribution in [3.63, 3.8) is 0 Å². The van der Waals surface area contributed by atoms with Gasteiger partial charge in [-0.05, 0) is 68.3 Å². The molecule has 1 saturated carbocycles. The Hall–Kier alpha value is -2.27. The van der Waals surface area contributed by atoms with Gasteiger partial charge >= 0.3 is 0 Å². The number of rotatable bonds is 10. The minimum absolute atomic E-state index is 0.0649. The molecule has 0 atom stereocenters. The fourth-order valence-electron chi connectivity index (χ4n) is 3.97. The number of hydrogen-bond acceptors (Lipinski definition) is 5. The lowest BCUT2D eigenvalue weighted by Gasteiger charge is -2.30. The molecule has 4 rings (SSSR count). The van der Waals surface area contributed by atoms with E-state index in [1.54, 1.807) is 6.33 Å². The third-order valence-corrected chi connectivity index (χ3v) is 6.04. The van der Waals surface area contributed by atoms with Gasteiger partial charge in [-0.1, -0.05) is 25.1 Å². The molecule has 2 fully saturated rings. The molecule has 1 aromatic heterocycles. The van der Waals surface area contributed by atoms with Crippen LogP contribution in [0.1, 0.15) is 59.8 Å². The van der Waals surface area contributed by atoms with Crippen molar-refractivity contribution < 1.29 is 4.79 Å². The van der Waals surface area contributed by atoms with Gasteiger partial charge in [-0.25, -0.2) is 9.97 Å². The summed E-state index contributed by atoms with van der Waals surface area (Å²) < 4.78 is 0. The van der Waals surface area contributed by atoms with Crippen LogP contribution < -0.4 is 4.90 Å². The van der Waals surface area contributed by atoms with E-state index in [1.807, 2.05) is 6.07 Å². The standard InChI is InChI=1S/C24H32N4O/c1-3-9-28(16-19-5-6-19)24-14-22(25-17-26-24)23(29)13-21-8-7-20(12-18(21)2)15-27-10-4-11-27/h7-8,12,14,17,19H,3-6,9-11,13,15-16H2,1-2H3. The normalized spacial score (nSPS) is 16.5. The highest BCUT2D eigenvalue weighted by Gasteiger charge is 2.25. The molecule has 0 radical (unpaired) electrons. The van der Waals surface area contributed by atoms with Gasteiger partial charge in [0.2, 0.25) is 0 Å². The maximum absolute atomic E-state index is 12.9. The maximum atomic E-state index is 12.9. The fourth-order valence-corrected chi connectivity index (χ4v) is 3.97. The van der Waals surface area contributed by atoms with Crippen LogP contribution in [0.15, 0.2) is 30.6 Å². The predicted molar refractivity (Wildman–Crippen MR) is 116 cm³/mol. The first-order valence-electron chi connectivity index (χ1n) is 11.0. The summed E-state index contributed by atoms with van der Waals surface area (Å²) in [4.78, 5) is 26.4. The number of benzene rings is 1. The number of likely N-dealkylation sites (tertiary alicyclic amines) is 1. The van der Waals surface area contributed by atoms with Crippen LogP contribution in [0.3, 0.4) is 0 Å². The van der Waals surface area contributed by atoms with Crippen molar-refractivity contribution in [2.24, 2.45) is 5.92 Å². The molecule has 0 spiro atoms. The van der Waals surface area contributed by atoms with E-state index in [1.165, 1.54) is 43.5 Å². The molecular formula is C24H32N4O. The average Bonchev–Trinajstić information content (AvgIpc) is 3.50. The first-order chi connectivity index (χ1) is 14.1. The summed E-state index contributed by atoms with van der Waals surface area (Å²) in [5, 5.41) is 0. The molecule has 1 aromatic carbocycles. The van der Waals surface area contributed by atoms with E-state index in [2.05, 4.69) is 51.8 Å². The first kappa shape index (κ1) is 20.0. The molecular weight excluding hydrogens is 360 g/mol. The quantitative estimate of drug-likeness (QED) is 0.571. The third-order valence-electron chi connectivity index (χ3n) is 6.04. The van der Waals surface area contributed by atoms with E-state index >= 15 is 0 Å². The van der Waals surface area contributed by atoms with Gasteiger partial charge in [0.25, 0.3) is 0 Å². The van der Waals surface area contributed by atoms with Gasteiger partial charge in [-0.3, -0.25) is 9.69 Å². The molecule has 1 saturated heterocycles. The Morgan fingerprint density at radius 3 is 2.69 bits per heavy atom. The fraction of sp³-hybridized carbons (Fsp3) is 0.542. The number of hydrogen-bond donors (Lipinski definition) is 0. The molecule has 1 aliphatic heterocycles. The lowest BCUT2D eigenvalue weighted by atomic mass is 9.99.